The first-order valence-corrected chi connectivity index (χ1v) is 4.35. The predicted octanol–water partition coefficient (Wildman–Crippen LogP) is 0.849. The van der Waals surface area contributed by atoms with Gasteiger partial charge in [-0.05, 0) is 6.92 Å². The molecule has 0 fully saturated rings. The smallest absolute Gasteiger partial charge is 0.338 e. The molecule has 0 amide bonds. The van der Waals surface area contributed by atoms with Crippen LogP contribution in [-0.4, -0.2) is 30.1 Å². The molecule has 4 nitrogen and oxygen atoms in total. The lowest BCUT2D eigenvalue weighted by Gasteiger charge is -2.14. The van der Waals surface area contributed by atoms with Gasteiger partial charge in [-0.15, -0.1) is 0 Å². The van der Waals surface area contributed by atoms with E-state index in [-0.39, 0.29) is 0 Å². The molecule has 1 heterocycles. The van der Waals surface area contributed by atoms with Gasteiger partial charge < -0.3 is 4.90 Å². The van der Waals surface area contributed by atoms with Crippen molar-refractivity contribution in [2.24, 2.45) is 4.99 Å². The summed E-state index contributed by atoms with van der Waals surface area (Å²) < 4.78 is 20.8. The van der Waals surface area contributed by atoms with Crippen LogP contribution in [0.3, 0.4) is 0 Å². The van der Waals surface area contributed by atoms with Crippen LogP contribution in [0.4, 0.5) is 0 Å². The van der Waals surface area contributed by atoms with Gasteiger partial charge in [-0.25, -0.2) is 9.13 Å². The molecular weight excluding hydrogens is 151 g/mol. The molecule has 5 heteroatoms. The molecule has 0 saturated heterocycles. The molecule has 1 aliphatic heterocycles. The Kier molecular flexibility index (Phi) is 2.22. The molecule has 0 spiro atoms. The Morgan fingerprint density at radius 2 is 2.40 bits per heavy atom. The molecule has 1 rings (SSSR count). The highest BCUT2D eigenvalue weighted by Crippen LogP contribution is 2.17. The van der Waals surface area contributed by atoms with Crippen molar-refractivity contribution in [1.82, 2.24) is 4.90 Å². The molecule has 0 radical (unpaired) electrons. The Bertz CT molecular complexity index is 204. The quantitative estimate of drug-likeness (QED) is 0.562. The lowest BCUT2D eigenvalue weighted by Crippen LogP contribution is -2.26. The molecule has 1 unspecified atom stereocenters. The number of hydrogen-bond acceptors (Lipinski definition) is 4. The largest absolute Gasteiger partial charge is 0.345 e. The highest BCUT2D eigenvalue weighted by Gasteiger charge is 2.17. The molecule has 1 atom stereocenters. The van der Waals surface area contributed by atoms with Crippen molar-refractivity contribution >= 4 is 14.0 Å². The van der Waals surface area contributed by atoms with Crippen molar-refractivity contribution in [2.75, 3.05) is 13.1 Å². The van der Waals surface area contributed by atoms with Gasteiger partial charge in [0.05, 0.1) is 12.9 Å². The molecule has 10 heavy (non-hydrogen) atoms. The van der Waals surface area contributed by atoms with Crippen LogP contribution < -0.4 is 0 Å². The molecular formula is C5H9N2O2P. The van der Waals surface area contributed by atoms with Crippen LogP contribution in [0.25, 0.3) is 0 Å². The third kappa shape index (κ3) is 1.45. The fourth-order valence-electron chi connectivity index (χ4n) is 0.798. The van der Waals surface area contributed by atoms with E-state index in [1.165, 1.54) is 0 Å². The van der Waals surface area contributed by atoms with E-state index >= 15 is 0 Å². The van der Waals surface area contributed by atoms with E-state index in [4.69, 9.17) is 0 Å². The van der Waals surface area contributed by atoms with Crippen LogP contribution in [-0.2, 0) is 9.13 Å². The molecule has 0 aromatic carbocycles. The molecule has 1 aliphatic rings. The van der Waals surface area contributed by atoms with Gasteiger partial charge in [0.1, 0.15) is 5.78 Å². The van der Waals surface area contributed by atoms with E-state index in [1.54, 1.807) is 18.2 Å². The summed E-state index contributed by atoms with van der Waals surface area (Å²) in [5.41, 5.74) is 0. The van der Waals surface area contributed by atoms with Crippen molar-refractivity contribution < 1.29 is 9.13 Å². The molecule has 0 bridgehead atoms. The van der Waals surface area contributed by atoms with Gasteiger partial charge in [0.25, 0.3) is 0 Å². The second kappa shape index (κ2) is 2.97. The highest BCUT2D eigenvalue weighted by atomic mass is 31.1. The minimum atomic E-state index is -2.34. The zero-order valence-electron chi connectivity index (χ0n) is 5.73. The summed E-state index contributed by atoms with van der Waals surface area (Å²) in [7, 11) is -2.34. The second-order valence-electron chi connectivity index (χ2n) is 2.18. The summed E-state index contributed by atoms with van der Waals surface area (Å²) in [6.45, 7) is 3.10. The minimum Gasteiger partial charge on any atom is -0.345 e. The Hall–Kier alpha value is -0.630. The van der Waals surface area contributed by atoms with E-state index < -0.39 is 13.5 Å². The number of nitrogens with zero attached hydrogens (tertiary/aromatic N) is 2. The van der Waals surface area contributed by atoms with Crippen LogP contribution in [0, 0.1) is 0 Å². The lowest BCUT2D eigenvalue weighted by molar-refractivity contribution is 0.418. The minimum absolute atomic E-state index is 0.402. The summed E-state index contributed by atoms with van der Waals surface area (Å²) in [6.07, 6.45) is 1.59. The summed E-state index contributed by atoms with van der Waals surface area (Å²) in [5.74, 6) is -0.402. The van der Waals surface area contributed by atoms with E-state index in [0.29, 0.717) is 6.54 Å². The summed E-state index contributed by atoms with van der Waals surface area (Å²) in [4.78, 5) is 5.62. The van der Waals surface area contributed by atoms with Gasteiger partial charge in [0.15, 0.2) is 0 Å². The van der Waals surface area contributed by atoms with Crippen LogP contribution in [0.1, 0.15) is 6.92 Å². The van der Waals surface area contributed by atoms with E-state index in [9.17, 15) is 9.13 Å². The summed E-state index contributed by atoms with van der Waals surface area (Å²) >= 11 is 0. The summed E-state index contributed by atoms with van der Waals surface area (Å²) in [6, 6.07) is 0. The zero-order chi connectivity index (χ0) is 7.56. The van der Waals surface area contributed by atoms with Gasteiger partial charge in [-0.3, -0.25) is 4.99 Å². The topological polar surface area (TPSA) is 49.7 Å². The first-order valence-electron chi connectivity index (χ1n) is 3.11. The maximum Gasteiger partial charge on any atom is 0.338 e. The van der Waals surface area contributed by atoms with Crippen molar-refractivity contribution in [3.8, 4) is 0 Å². The Labute approximate surface area is 59.8 Å². The fraction of sp³-hybridized carbons (Fsp3) is 0.800. The first kappa shape index (κ1) is 7.48. The van der Waals surface area contributed by atoms with E-state index in [0.717, 1.165) is 6.54 Å². The standard InChI is InChI=1S/C5H9N2O2P/c1-5(10(8)9)7-3-2-6-4-7/h4-5H,2-3H2,1H3. The Balaban J connectivity index is 2.56. The molecule has 0 N–H and O–H groups in total. The first-order chi connectivity index (χ1) is 4.72. The van der Waals surface area contributed by atoms with E-state index in [2.05, 4.69) is 4.99 Å². The van der Waals surface area contributed by atoms with Gasteiger partial charge in [-0.1, -0.05) is 0 Å². The highest BCUT2D eigenvalue weighted by molar-refractivity contribution is 7.31. The third-order valence-electron chi connectivity index (χ3n) is 1.50. The monoisotopic (exact) mass is 160 g/mol. The maximum atomic E-state index is 10.4. The lowest BCUT2D eigenvalue weighted by atomic mass is 10.6. The average molecular weight is 160 g/mol. The van der Waals surface area contributed by atoms with Crippen molar-refractivity contribution in [2.45, 2.75) is 12.7 Å². The van der Waals surface area contributed by atoms with E-state index in [1.807, 2.05) is 0 Å². The van der Waals surface area contributed by atoms with Gasteiger partial charge >= 0.3 is 7.68 Å². The van der Waals surface area contributed by atoms with Gasteiger partial charge in [-0.2, -0.15) is 0 Å². The van der Waals surface area contributed by atoms with Gasteiger partial charge in [0.2, 0.25) is 0 Å². The van der Waals surface area contributed by atoms with Crippen LogP contribution in [0.15, 0.2) is 4.99 Å². The van der Waals surface area contributed by atoms with Crippen LogP contribution in [0.2, 0.25) is 0 Å². The number of aliphatic imine (C=N–C) groups is 1. The Morgan fingerprint density at radius 3 is 2.80 bits per heavy atom. The van der Waals surface area contributed by atoms with Crippen molar-refractivity contribution in [3.05, 3.63) is 0 Å². The van der Waals surface area contributed by atoms with Crippen molar-refractivity contribution in [3.63, 3.8) is 0 Å². The molecule has 0 aliphatic carbocycles. The second-order valence-corrected chi connectivity index (χ2v) is 3.49. The van der Waals surface area contributed by atoms with Crippen molar-refractivity contribution in [1.29, 1.82) is 0 Å². The summed E-state index contributed by atoms with van der Waals surface area (Å²) in [5, 5.41) is 0. The normalized spacial score (nSPS) is 19.5. The predicted molar refractivity (Wildman–Crippen MR) is 37.8 cm³/mol. The fourth-order valence-corrected chi connectivity index (χ4v) is 1.22. The average Bonchev–Trinajstić information content (AvgIpc) is 2.36. The molecule has 0 aromatic rings. The van der Waals surface area contributed by atoms with Crippen LogP contribution in [0.5, 0.6) is 0 Å². The maximum absolute atomic E-state index is 10.4. The SMILES string of the molecule is CC(N1C=NCC1)P(=O)=O. The van der Waals surface area contributed by atoms with Gasteiger partial charge in [0, 0.05) is 6.54 Å². The molecule has 0 aromatic heterocycles. The zero-order valence-corrected chi connectivity index (χ0v) is 6.62. The molecule has 56 valence electrons. The molecule has 0 saturated carbocycles. The Morgan fingerprint density at radius 1 is 1.70 bits per heavy atom. The van der Waals surface area contributed by atoms with Crippen LogP contribution >= 0.6 is 7.68 Å². The third-order valence-corrected chi connectivity index (χ3v) is 2.41. The number of hydrogen-bond donors (Lipinski definition) is 0. The number of rotatable bonds is 2.